The standard InChI is InChI=1S/C24H23N3O3S/c1-4-15-7-6-8-16(5-2)21(15)27-23(29)19-10-9-17(11-20(19)24(27)30)22(28)25-12-18-13-31-14(3)26-18/h6-11,13H,4-5,12H2,1-3H3,(H,25,28). The highest BCUT2D eigenvalue weighted by molar-refractivity contribution is 7.09. The summed E-state index contributed by atoms with van der Waals surface area (Å²) in [5.41, 5.74) is 4.28. The highest BCUT2D eigenvalue weighted by Crippen LogP contribution is 2.34. The van der Waals surface area contributed by atoms with Gasteiger partial charge in [0.25, 0.3) is 17.7 Å². The second kappa shape index (κ2) is 8.43. The number of benzene rings is 2. The van der Waals surface area contributed by atoms with Gasteiger partial charge in [-0.15, -0.1) is 11.3 Å². The predicted molar refractivity (Wildman–Crippen MR) is 121 cm³/mol. The first-order valence-corrected chi connectivity index (χ1v) is 11.1. The number of hydrogen-bond donors (Lipinski definition) is 1. The number of aryl methyl sites for hydroxylation is 3. The summed E-state index contributed by atoms with van der Waals surface area (Å²) in [5, 5.41) is 5.65. The monoisotopic (exact) mass is 433 g/mol. The Balaban J connectivity index is 1.63. The molecule has 3 aromatic rings. The summed E-state index contributed by atoms with van der Waals surface area (Å²) in [7, 11) is 0. The highest BCUT2D eigenvalue weighted by Gasteiger charge is 2.38. The van der Waals surface area contributed by atoms with E-state index in [1.807, 2.05) is 44.4 Å². The number of rotatable bonds is 6. The van der Waals surface area contributed by atoms with E-state index in [9.17, 15) is 14.4 Å². The van der Waals surface area contributed by atoms with Gasteiger partial charge in [0, 0.05) is 10.9 Å². The van der Waals surface area contributed by atoms with Crippen molar-refractivity contribution in [2.75, 3.05) is 4.90 Å². The molecule has 1 aromatic heterocycles. The van der Waals surface area contributed by atoms with E-state index >= 15 is 0 Å². The van der Waals surface area contributed by atoms with E-state index in [4.69, 9.17) is 0 Å². The van der Waals surface area contributed by atoms with Crippen LogP contribution >= 0.6 is 11.3 Å². The predicted octanol–water partition coefficient (Wildman–Crippen LogP) is 4.31. The number of hydrogen-bond acceptors (Lipinski definition) is 5. The molecule has 0 atom stereocenters. The minimum absolute atomic E-state index is 0.259. The number of aromatic nitrogens is 1. The molecule has 0 bridgehead atoms. The quantitative estimate of drug-likeness (QED) is 0.588. The van der Waals surface area contributed by atoms with Crippen LogP contribution in [0.15, 0.2) is 41.8 Å². The minimum atomic E-state index is -0.389. The van der Waals surface area contributed by atoms with Gasteiger partial charge in [0.1, 0.15) is 0 Å². The van der Waals surface area contributed by atoms with Gasteiger partial charge < -0.3 is 5.32 Å². The zero-order valence-corrected chi connectivity index (χ0v) is 18.5. The maximum absolute atomic E-state index is 13.3. The van der Waals surface area contributed by atoms with Crippen LogP contribution in [0.25, 0.3) is 0 Å². The summed E-state index contributed by atoms with van der Waals surface area (Å²) in [6.45, 7) is 6.22. The molecule has 1 N–H and O–H groups in total. The average molecular weight is 434 g/mol. The third-order valence-electron chi connectivity index (χ3n) is 5.43. The maximum Gasteiger partial charge on any atom is 0.266 e. The molecule has 158 valence electrons. The van der Waals surface area contributed by atoms with E-state index in [-0.39, 0.29) is 23.3 Å². The van der Waals surface area contributed by atoms with E-state index in [0.717, 1.165) is 21.8 Å². The van der Waals surface area contributed by atoms with Crippen LogP contribution in [0.1, 0.15) is 66.7 Å². The summed E-state index contributed by atoms with van der Waals surface area (Å²) in [4.78, 5) is 44.6. The van der Waals surface area contributed by atoms with Crippen molar-refractivity contribution in [2.24, 2.45) is 0 Å². The molecule has 3 amide bonds. The molecule has 7 heteroatoms. The summed E-state index contributed by atoms with van der Waals surface area (Å²) >= 11 is 1.52. The molecule has 1 aliphatic heterocycles. The number of nitrogens with zero attached hydrogens (tertiary/aromatic N) is 2. The molecule has 1 aliphatic rings. The topological polar surface area (TPSA) is 79.4 Å². The Labute approximate surface area is 184 Å². The molecule has 31 heavy (non-hydrogen) atoms. The number of anilines is 1. The summed E-state index contributed by atoms with van der Waals surface area (Å²) < 4.78 is 0. The first kappa shape index (κ1) is 20.9. The third kappa shape index (κ3) is 3.77. The number of para-hydroxylation sites is 1. The Bertz CT molecular complexity index is 1180. The molecule has 0 radical (unpaired) electrons. The molecule has 2 heterocycles. The van der Waals surface area contributed by atoms with E-state index in [2.05, 4.69) is 10.3 Å². The van der Waals surface area contributed by atoms with Gasteiger partial charge in [-0.25, -0.2) is 9.88 Å². The Morgan fingerprint density at radius 3 is 2.32 bits per heavy atom. The van der Waals surface area contributed by atoms with Gasteiger partial charge in [-0.1, -0.05) is 32.0 Å². The number of carbonyl (C=O) groups excluding carboxylic acids is 3. The normalized spacial score (nSPS) is 12.9. The largest absolute Gasteiger partial charge is 0.346 e. The van der Waals surface area contributed by atoms with Crippen molar-refractivity contribution in [3.63, 3.8) is 0 Å². The number of thiazole rings is 1. The first-order chi connectivity index (χ1) is 14.9. The molecular formula is C24H23N3O3S. The van der Waals surface area contributed by atoms with E-state index in [0.29, 0.717) is 36.2 Å². The number of carbonyl (C=O) groups is 3. The van der Waals surface area contributed by atoms with E-state index < -0.39 is 0 Å². The summed E-state index contributed by atoms with van der Waals surface area (Å²) in [5.74, 6) is -1.05. The van der Waals surface area contributed by atoms with Crippen molar-refractivity contribution < 1.29 is 14.4 Å². The number of amides is 3. The van der Waals surface area contributed by atoms with Gasteiger partial charge in [0.05, 0.1) is 34.1 Å². The molecule has 0 saturated heterocycles. The van der Waals surface area contributed by atoms with Crippen LogP contribution in [-0.2, 0) is 19.4 Å². The maximum atomic E-state index is 13.3. The molecule has 0 fully saturated rings. The van der Waals surface area contributed by atoms with Crippen molar-refractivity contribution in [1.82, 2.24) is 10.3 Å². The van der Waals surface area contributed by atoms with Crippen molar-refractivity contribution in [2.45, 2.75) is 40.2 Å². The van der Waals surface area contributed by atoms with Crippen LogP contribution in [0.4, 0.5) is 5.69 Å². The molecule has 0 spiro atoms. The number of imide groups is 1. The lowest BCUT2D eigenvalue weighted by Gasteiger charge is -2.21. The second-order valence-corrected chi connectivity index (χ2v) is 8.44. The van der Waals surface area contributed by atoms with Crippen molar-refractivity contribution in [1.29, 1.82) is 0 Å². The first-order valence-electron chi connectivity index (χ1n) is 10.3. The fourth-order valence-corrected chi connectivity index (χ4v) is 4.46. The molecular weight excluding hydrogens is 410 g/mol. The molecule has 2 aromatic carbocycles. The zero-order valence-electron chi connectivity index (χ0n) is 17.7. The third-order valence-corrected chi connectivity index (χ3v) is 6.26. The van der Waals surface area contributed by atoms with Gasteiger partial charge in [-0.05, 0) is 49.1 Å². The van der Waals surface area contributed by atoms with Crippen LogP contribution in [-0.4, -0.2) is 22.7 Å². The van der Waals surface area contributed by atoms with Crippen molar-refractivity contribution in [3.8, 4) is 0 Å². The Morgan fingerprint density at radius 2 is 1.71 bits per heavy atom. The molecule has 0 saturated carbocycles. The molecule has 0 aliphatic carbocycles. The van der Waals surface area contributed by atoms with Crippen LogP contribution in [0.3, 0.4) is 0 Å². The number of nitrogens with one attached hydrogen (secondary N) is 1. The SMILES string of the molecule is CCc1cccc(CC)c1N1C(=O)c2ccc(C(=O)NCc3csc(C)n3)cc2C1=O. The molecule has 6 nitrogen and oxygen atoms in total. The Kier molecular flexibility index (Phi) is 5.69. The van der Waals surface area contributed by atoms with Gasteiger partial charge in [0.2, 0.25) is 0 Å². The fraction of sp³-hybridized carbons (Fsp3) is 0.250. The average Bonchev–Trinajstić information content (AvgIpc) is 3.31. The van der Waals surface area contributed by atoms with Gasteiger partial charge >= 0.3 is 0 Å². The lowest BCUT2D eigenvalue weighted by Crippen LogP contribution is -2.31. The van der Waals surface area contributed by atoms with Gasteiger partial charge in [-0.2, -0.15) is 0 Å². The Hall–Kier alpha value is -3.32. The molecule has 0 unspecified atom stereocenters. The minimum Gasteiger partial charge on any atom is -0.346 e. The van der Waals surface area contributed by atoms with Crippen LogP contribution in [0.5, 0.6) is 0 Å². The van der Waals surface area contributed by atoms with Crippen molar-refractivity contribution >= 4 is 34.7 Å². The number of fused-ring (bicyclic) bond motifs is 1. The Morgan fingerprint density at radius 1 is 1.03 bits per heavy atom. The zero-order chi connectivity index (χ0) is 22.1. The fourth-order valence-electron chi connectivity index (χ4n) is 3.85. The van der Waals surface area contributed by atoms with Crippen LogP contribution < -0.4 is 10.2 Å². The lowest BCUT2D eigenvalue weighted by molar-refractivity contribution is 0.0923. The second-order valence-electron chi connectivity index (χ2n) is 7.38. The summed E-state index contributed by atoms with van der Waals surface area (Å²) in [6, 6.07) is 10.5. The smallest absolute Gasteiger partial charge is 0.266 e. The van der Waals surface area contributed by atoms with Crippen molar-refractivity contribution in [3.05, 3.63) is 80.3 Å². The highest BCUT2D eigenvalue weighted by atomic mass is 32.1. The lowest BCUT2D eigenvalue weighted by atomic mass is 10.0. The van der Waals surface area contributed by atoms with Crippen LogP contribution in [0, 0.1) is 6.92 Å². The van der Waals surface area contributed by atoms with Crippen LogP contribution in [0.2, 0.25) is 0 Å². The van der Waals surface area contributed by atoms with Gasteiger partial charge in [-0.3, -0.25) is 14.4 Å². The van der Waals surface area contributed by atoms with Gasteiger partial charge in [0.15, 0.2) is 0 Å². The van der Waals surface area contributed by atoms with E-state index in [1.54, 1.807) is 12.1 Å². The van der Waals surface area contributed by atoms with E-state index in [1.165, 1.54) is 22.3 Å². The summed E-state index contributed by atoms with van der Waals surface area (Å²) in [6.07, 6.45) is 1.42. The molecule has 4 rings (SSSR count).